The lowest BCUT2D eigenvalue weighted by Crippen LogP contribution is -2.14. The fourth-order valence-corrected chi connectivity index (χ4v) is 2.35. The van der Waals surface area contributed by atoms with Gasteiger partial charge in [-0.2, -0.15) is 0 Å². The summed E-state index contributed by atoms with van der Waals surface area (Å²) in [5.41, 5.74) is 1.89. The van der Waals surface area contributed by atoms with Gasteiger partial charge in [0.15, 0.2) is 0 Å². The highest BCUT2D eigenvalue weighted by molar-refractivity contribution is 6.03. The SMILES string of the molecule is COc1ccc(CNc2ccc(NC(=O)c3ccccc3F)nc2)cc1. The number of carbonyl (C=O) groups is 1. The Hall–Kier alpha value is -3.41. The molecule has 1 aromatic heterocycles. The predicted molar refractivity (Wildman–Crippen MR) is 98.9 cm³/mol. The van der Waals surface area contributed by atoms with Crippen molar-refractivity contribution in [1.29, 1.82) is 0 Å². The molecule has 0 aliphatic heterocycles. The summed E-state index contributed by atoms with van der Waals surface area (Å²) in [4.78, 5) is 16.2. The van der Waals surface area contributed by atoms with Crippen molar-refractivity contribution < 1.29 is 13.9 Å². The lowest BCUT2D eigenvalue weighted by atomic mass is 10.2. The smallest absolute Gasteiger partial charge is 0.259 e. The predicted octanol–water partition coefficient (Wildman–Crippen LogP) is 4.09. The second-order valence-corrected chi connectivity index (χ2v) is 5.57. The van der Waals surface area contributed by atoms with Crippen LogP contribution in [0.25, 0.3) is 0 Å². The second kappa shape index (κ2) is 8.11. The Kier molecular flexibility index (Phi) is 5.43. The maximum atomic E-state index is 13.6. The van der Waals surface area contributed by atoms with Crippen molar-refractivity contribution >= 4 is 17.4 Å². The number of aromatic nitrogens is 1. The van der Waals surface area contributed by atoms with Gasteiger partial charge in [-0.15, -0.1) is 0 Å². The third kappa shape index (κ3) is 4.36. The van der Waals surface area contributed by atoms with Crippen LogP contribution in [0.1, 0.15) is 15.9 Å². The van der Waals surface area contributed by atoms with Gasteiger partial charge in [-0.1, -0.05) is 24.3 Å². The van der Waals surface area contributed by atoms with Crippen LogP contribution in [0.3, 0.4) is 0 Å². The number of carbonyl (C=O) groups excluding carboxylic acids is 1. The molecule has 0 radical (unpaired) electrons. The van der Waals surface area contributed by atoms with E-state index < -0.39 is 11.7 Å². The van der Waals surface area contributed by atoms with E-state index in [9.17, 15) is 9.18 Å². The van der Waals surface area contributed by atoms with E-state index in [-0.39, 0.29) is 5.56 Å². The number of benzene rings is 2. The van der Waals surface area contributed by atoms with Crippen LogP contribution < -0.4 is 15.4 Å². The second-order valence-electron chi connectivity index (χ2n) is 5.57. The van der Waals surface area contributed by atoms with Crippen LogP contribution >= 0.6 is 0 Å². The molecule has 1 amide bonds. The summed E-state index contributed by atoms with van der Waals surface area (Å²) in [6.07, 6.45) is 1.61. The van der Waals surface area contributed by atoms with E-state index in [1.54, 1.807) is 31.5 Å². The Bertz CT molecular complexity index is 880. The molecule has 6 heteroatoms. The molecule has 0 atom stereocenters. The maximum absolute atomic E-state index is 13.6. The fraction of sp³-hybridized carbons (Fsp3) is 0.100. The van der Waals surface area contributed by atoms with Crippen molar-refractivity contribution in [3.05, 3.63) is 83.8 Å². The highest BCUT2D eigenvalue weighted by Gasteiger charge is 2.11. The van der Waals surface area contributed by atoms with Crippen LogP contribution in [0.4, 0.5) is 15.9 Å². The molecule has 0 saturated heterocycles. The van der Waals surface area contributed by atoms with E-state index in [1.807, 2.05) is 24.3 Å². The fourth-order valence-electron chi connectivity index (χ4n) is 2.35. The first-order valence-corrected chi connectivity index (χ1v) is 8.04. The Morgan fingerprint density at radius 1 is 1.08 bits per heavy atom. The zero-order valence-electron chi connectivity index (χ0n) is 14.2. The number of methoxy groups -OCH3 is 1. The Morgan fingerprint density at radius 3 is 2.50 bits per heavy atom. The summed E-state index contributed by atoms with van der Waals surface area (Å²) >= 11 is 0. The molecule has 0 aliphatic carbocycles. The Labute approximate surface area is 150 Å². The number of anilines is 2. The Balaban J connectivity index is 1.57. The zero-order chi connectivity index (χ0) is 18.4. The molecule has 2 aromatic carbocycles. The van der Waals surface area contributed by atoms with Crippen LogP contribution in [0.2, 0.25) is 0 Å². The minimum Gasteiger partial charge on any atom is -0.497 e. The zero-order valence-corrected chi connectivity index (χ0v) is 14.2. The van der Waals surface area contributed by atoms with Gasteiger partial charge >= 0.3 is 0 Å². The first-order chi connectivity index (χ1) is 12.7. The number of hydrogen-bond acceptors (Lipinski definition) is 4. The molecular weight excluding hydrogens is 333 g/mol. The number of pyridine rings is 1. The standard InChI is InChI=1S/C20H18FN3O2/c1-26-16-9-6-14(7-10-16)12-22-15-8-11-19(23-13-15)24-20(25)17-4-2-3-5-18(17)21/h2-11,13,22H,12H2,1H3,(H,23,24,25). The third-order valence-electron chi connectivity index (χ3n) is 3.78. The van der Waals surface area contributed by atoms with Crippen molar-refractivity contribution in [2.45, 2.75) is 6.54 Å². The molecule has 3 rings (SSSR count). The molecule has 26 heavy (non-hydrogen) atoms. The summed E-state index contributed by atoms with van der Waals surface area (Å²) in [6, 6.07) is 17.0. The molecule has 132 valence electrons. The average Bonchev–Trinajstić information content (AvgIpc) is 2.68. The summed E-state index contributed by atoms with van der Waals surface area (Å²) in [7, 11) is 1.63. The first-order valence-electron chi connectivity index (χ1n) is 8.04. The van der Waals surface area contributed by atoms with Crippen molar-refractivity contribution in [2.75, 3.05) is 17.7 Å². The van der Waals surface area contributed by atoms with Crippen LogP contribution in [0.5, 0.6) is 5.75 Å². The van der Waals surface area contributed by atoms with Gasteiger partial charge in [0.1, 0.15) is 17.4 Å². The van der Waals surface area contributed by atoms with Gasteiger partial charge in [0.25, 0.3) is 5.91 Å². The number of nitrogens with zero attached hydrogens (tertiary/aromatic N) is 1. The van der Waals surface area contributed by atoms with E-state index >= 15 is 0 Å². The van der Waals surface area contributed by atoms with Gasteiger partial charge in [-0.25, -0.2) is 9.37 Å². The molecular formula is C20H18FN3O2. The molecule has 0 unspecified atom stereocenters. The van der Waals surface area contributed by atoms with Crippen molar-refractivity contribution in [3.63, 3.8) is 0 Å². The van der Waals surface area contributed by atoms with Crippen molar-refractivity contribution in [1.82, 2.24) is 4.98 Å². The molecule has 0 spiro atoms. The summed E-state index contributed by atoms with van der Waals surface area (Å²) in [5, 5.41) is 5.82. The number of rotatable bonds is 6. The van der Waals surface area contributed by atoms with Crippen LogP contribution in [-0.4, -0.2) is 18.0 Å². The van der Waals surface area contributed by atoms with Gasteiger partial charge in [0.2, 0.25) is 0 Å². The highest BCUT2D eigenvalue weighted by atomic mass is 19.1. The molecule has 1 heterocycles. The van der Waals surface area contributed by atoms with Gasteiger partial charge in [-0.3, -0.25) is 4.79 Å². The third-order valence-corrected chi connectivity index (χ3v) is 3.78. The first kappa shape index (κ1) is 17.4. The number of amides is 1. The lowest BCUT2D eigenvalue weighted by molar-refractivity contribution is 0.102. The molecule has 0 bridgehead atoms. The number of hydrogen-bond donors (Lipinski definition) is 2. The molecule has 0 aliphatic rings. The van der Waals surface area contributed by atoms with E-state index in [4.69, 9.17) is 4.74 Å². The minimum absolute atomic E-state index is 0.0176. The van der Waals surface area contributed by atoms with Crippen LogP contribution in [-0.2, 0) is 6.54 Å². The van der Waals surface area contributed by atoms with Gasteiger partial charge in [0, 0.05) is 6.54 Å². The van der Waals surface area contributed by atoms with Gasteiger partial charge < -0.3 is 15.4 Å². The molecule has 0 saturated carbocycles. The minimum atomic E-state index is -0.567. The Morgan fingerprint density at radius 2 is 1.85 bits per heavy atom. The molecule has 5 nitrogen and oxygen atoms in total. The topological polar surface area (TPSA) is 63.2 Å². The monoisotopic (exact) mass is 351 g/mol. The summed E-state index contributed by atoms with van der Waals surface area (Å²) in [6.45, 7) is 0.632. The van der Waals surface area contributed by atoms with Gasteiger partial charge in [0.05, 0.1) is 24.6 Å². The normalized spacial score (nSPS) is 10.2. The largest absolute Gasteiger partial charge is 0.497 e. The number of halogens is 1. The molecule has 3 aromatic rings. The highest BCUT2D eigenvalue weighted by Crippen LogP contribution is 2.15. The molecule has 2 N–H and O–H groups in total. The van der Waals surface area contributed by atoms with E-state index in [0.29, 0.717) is 12.4 Å². The molecule has 0 fully saturated rings. The van der Waals surface area contributed by atoms with Crippen LogP contribution in [0, 0.1) is 5.82 Å². The summed E-state index contributed by atoms with van der Waals surface area (Å²) < 4.78 is 18.7. The van der Waals surface area contributed by atoms with Gasteiger partial charge in [-0.05, 0) is 42.0 Å². The van der Waals surface area contributed by atoms with Crippen LogP contribution in [0.15, 0.2) is 66.9 Å². The maximum Gasteiger partial charge on any atom is 0.259 e. The van der Waals surface area contributed by atoms with E-state index in [2.05, 4.69) is 15.6 Å². The number of ether oxygens (including phenoxy) is 1. The quantitative estimate of drug-likeness (QED) is 0.702. The number of nitrogens with one attached hydrogen (secondary N) is 2. The lowest BCUT2D eigenvalue weighted by Gasteiger charge is -2.09. The van der Waals surface area contributed by atoms with Crippen molar-refractivity contribution in [2.24, 2.45) is 0 Å². The average molecular weight is 351 g/mol. The summed E-state index contributed by atoms with van der Waals surface area (Å²) in [5.74, 6) is 0.0657. The van der Waals surface area contributed by atoms with Crippen molar-refractivity contribution in [3.8, 4) is 5.75 Å². The van der Waals surface area contributed by atoms with E-state index in [0.717, 1.165) is 17.0 Å². The van der Waals surface area contributed by atoms with E-state index in [1.165, 1.54) is 18.2 Å².